The van der Waals surface area contributed by atoms with Crippen molar-refractivity contribution in [2.24, 2.45) is 0 Å². The molecule has 6 heteroatoms. The third-order valence-electron chi connectivity index (χ3n) is 2.96. The van der Waals surface area contributed by atoms with E-state index >= 15 is 0 Å². The van der Waals surface area contributed by atoms with Crippen LogP contribution in [0.2, 0.25) is 5.02 Å². The van der Waals surface area contributed by atoms with Gasteiger partial charge in [0.25, 0.3) is 5.56 Å². The van der Waals surface area contributed by atoms with Crippen molar-refractivity contribution in [1.29, 1.82) is 0 Å². The fraction of sp³-hybridized carbons (Fsp3) is 0.231. The molecular formula is C13H12ClN3O2. The highest BCUT2D eigenvalue weighted by Gasteiger charge is 2.23. The van der Waals surface area contributed by atoms with Crippen LogP contribution in [0.5, 0.6) is 5.88 Å². The summed E-state index contributed by atoms with van der Waals surface area (Å²) >= 11 is 6.03. The number of nitrogens with one attached hydrogen (secondary N) is 2. The maximum Gasteiger partial charge on any atom is 0.264 e. The van der Waals surface area contributed by atoms with Crippen molar-refractivity contribution in [1.82, 2.24) is 9.97 Å². The standard InChI is InChI=1S/C13H12ClN3O2/c14-9-4-2-1-3-8(9)10-11(18)16-13(17-12(10)19)15-7-5-6-7/h1-4,7H,5-6H2,(H3,15,16,17,18,19). The molecule has 0 aliphatic heterocycles. The average molecular weight is 278 g/mol. The monoisotopic (exact) mass is 277 g/mol. The number of rotatable bonds is 3. The molecule has 1 fully saturated rings. The first-order chi connectivity index (χ1) is 9.15. The molecule has 1 aliphatic carbocycles. The maximum absolute atomic E-state index is 12.1. The molecule has 2 aromatic rings. The van der Waals surface area contributed by atoms with Crippen molar-refractivity contribution >= 4 is 17.5 Å². The van der Waals surface area contributed by atoms with Crippen LogP contribution in [0.4, 0.5) is 5.95 Å². The number of benzene rings is 1. The van der Waals surface area contributed by atoms with E-state index in [9.17, 15) is 9.90 Å². The van der Waals surface area contributed by atoms with Crippen LogP contribution in [0.15, 0.2) is 29.1 Å². The minimum Gasteiger partial charge on any atom is -0.493 e. The summed E-state index contributed by atoms with van der Waals surface area (Å²) < 4.78 is 0. The summed E-state index contributed by atoms with van der Waals surface area (Å²) in [5, 5.41) is 13.4. The summed E-state index contributed by atoms with van der Waals surface area (Å²) in [7, 11) is 0. The average Bonchev–Trinajstić information content (AvgIpc) is 3.14. The number of anilines is 1. The Morgan fingerprint density at radius 2 is 2.11 bits per heavy atom. The predicted molar refractivity (Wildman–Crippen MR) is 73.6 cm³/mol. The molecule has 98 valence electrons. The van der Waals surface area contributed by atoms with E-state index < -0.39 is 5.56 Å². The van der Waals surface area contributed by atoms with Gasteiger partial charge in [-0.3, -0.25) is 9.78 Å². The number of aromatic hydroxyl groups is 1. The lowest BCUT2D eigenvalue weighted by Crippen LogP contribution is -2.16. The first-order valence-electron chi connectivity index (χ1n) is 6.00. The van der Waals surface area contributed by atoms with E-state index in [0.717, 1.165) is 12.8 Å². The van der Waals surface area contributed by atoms with Crippen molar-refractivity contribution < 1.29 is 5.11 Å². The minimum absolute atomic E-state index is 0.0898. The smallest absolute Gasteiger partial charge is 0.264 e. The third kappa shape index (κ3) is 2.42. The number of H-pyrrole nitrogens is 1. The topological polar surface area (TPSA) is 78.0 Å². The molecule has 0 radical (unpaired) electrons. The van der Waals surface area contributed by atoms with Crippen molar-refractivity contribution in [2.75, 3.05) is 5.32 Å². The predicted octanol–water partition coefficient (Wildman–Crippen LogP) is 2.37. The fourth-order valence-corrected chi connectivity index (χ4v) is 2.09. The maximum atomic E-state index is 12.1. The van der Waals surface area contributed by atoms with Gasteiger partial charge >= 0.3 is 0 Å². The molecule has 1 aliphatic rings. The van der Waals surface area contributed by atoms with Gasteiger partial charge in [-0.15, -0.1) is 0 Å². The van der Waals surface area contributed by atoms with Crippen molar-refractivity contribution in [3.63, 3.8) is 0 Å². The van der Waals surface area contributed by atoms with Crippen LogP contribution in [0.1, 0.15) is 12.8 Å². The molecule has 1 aromatic heterocycles. The molecule has 5 nitrogen and oxygen atoms in total. The van der Waals surface area contributed by atoms with E-state index in [4.69, 9.17) is 11.6 Å². The lowest BCUT2D eigenvalue weighted by Gasteiger charge is -2.08. The Morgan fingerprint density at radius 1 is 1.37 bits per heavy atom. The van der Waals surface area contributed by atoms with Crippen LogP contribution in [0.25, 0.3) is 11.1 Å². The van der Waals surface area contributed by atoms with Gasteiger partial charge < -0.3 is 10.4 Å². The molecule has 1 heterocycles. The summed E-state index contributed by atoms with van der Waals surface area (Å²) in [6, 6.07) is 7.17. The lowest BCUT2D eigenvalue weighted by atomic mass is 10.1. The summed E-state index contributed by atoms with van der Waals surface area (Å²) in [4.78, 5) is 18.6. The second-order valence-electron chi connectivity index (χ2n) is 4.51. The molecule has 0 unspecified atom stereocenters. The van der Waals surface area contributed by atoms with Gasteiger partial charge in [-0.05, 0) is 18.9 Å². The van der Waals surface area contributed by atoms with Crippen LogP contribution in [-0.2, 0) is 0 Å². The molecule has 3 N–H and O–H groups in total. The third-order valence-corrected chi connectivity index (χ3v) is 3.29. The zero-order valence-corrected chi connectivity index (χ0v) is 10.7. The molecular weight excluding hydrogens is 266 g/mol. The molecule has 0 saturated heterocycles. The zero-order valence-electron chi connectivity index (χ0n) is 9.98. The Bertz CT molecular complexity index is 680. The van der Waals surface area contributed by atoms with Crippen LogP contribution in [0.3, 0.4) is 0 Å². The first kappa shape index (κ1) is 12.0. The van der Waals surface area contributed by atoms with Crippen LogP contribution >= 0.6 is 11.6 Å². The Labute approximate surface area is 114 Å². The second kappa shape index (κ2) is 4.59. The number of nitrogens with zero attached hydrogens (tertiary/aromatic N) is 1. The van der Waals surface area contributed by atoms with Gasteiger partial charge in [0.2, 0.25) is 11.8 Å². The highest BCUT2D eigenvalue weighted by Crippen LogP contribution is 2.31. The number of aromatic nitrogens is 2. The quantitative estimate of drug-likeness (QED) is 0.805. The highest BCUT2D eigenvalue weighted by atomic mass is 35.5. The van der Waals surface area contributed by atoms with Gasteiger partial charge in [0.1, 0.15) is 5.56 Å². The second-order valence-corrected chi connectivity index (χ2v) is 4.92. The van der Waals surface area contributed by atoms with Gasteiger partial charge in [0, 0.05) is 16.6 Å². The van der Waals surface area contributed by atoms with Gasteiger partial charge in [0.15, 0.2) is 0 Å². The number of halogens is 1. The molecule has 3 rings (SSSR count). The van der Waals surface area contributed by atoms with Crippen LogP contribution < -0.4 is 10.9 Å². The summed E-state index contributed by atoms with van der Waals surface area (Å²) in [6.07, 6.45) is 2.10. The Morgan fingerprint density at radius 3 is 2.74 bits per heavy atom. The van der Waals surface area contributed by atoms with E-state index in [2.05, 4.69) is 15.3 Å². The SMILES string of the molecule is O=c1[nH]c(NC2CC2)nc(O)c1-c1ccccc1Cl. The van der Waals surface area contributed by atoms with E-state index in [1.807, 2.05) is 0 Å². The van der Waals surface area contributed by atoms with Gasteiger partial charge in [0.05, 0.1) is 0 Å². The fourth-order valence-electron chi connectivity index (χ4n) is 1.86. The summed E-state index contributed by atoms with van der Waals surface area (Å²) in [6.45, 7) is 0. The molecule has 0 amide bonds. The molecule has 1 aromatic carbocycles. The van der Waals surface area contributed by atoms with Crippen LogP contribution in [-0.4, -0.2) is 21.1 Å². The van der Waals surface area contributed by atoms with Gasteiger partial charge in [-0.25, -0.2) is 0 Å². The number of hydrogen-bond acceptors (Lipinski definition) is 4. The summed E-state index contributed by atoms with van der Waals surface area (Å²) in [5.74, 6) is -0.0270. The van der Waals surface area contributed by atoms with Crippen molar-refractivity contribution in [3.05, 3.63) is 39.6 Å². The van der Waals surface area contributed by atoms with Crippen molar-refractivity contribution in [2.45, 2.75) is 18.9 Å². The van der Waals surface area contributed by atoms with E-state index in [1.54, 1.807) is 24.3 Å². The van der Waals surface area contributed by atoms with Crippen LogP contribution in [0, 0.1) is 0 Å². The summed E-state index contributed by atoms with van der Waals surface area (Å²) in [5.41, 5.74) is 0.143. The Hall–Kier alpha value is -2.01. The minimum atomic E-state index is -0.413. The molecule has 0 bridgehead atoms. The zero-order chi connectivity index (χ0) is 13.4. The molecule has 19 heavy (non-hydrogen) atoms. The number of aromatic amines is 1. The first-order valence-corrected chi connectivity index (χ1v) is 6.37. The van der Waals surface area contributed by atoms with E-state index in [-0.39, 0.29) is 11.4 Å². The largest absolute Gasteiger partial charge is 0.493 e. The van der Waals surface area contributed by atoms with E-state index in [1.165, 1.54) is 0 Å². The molecule has 1 saturated carbocycles. The lowest BCUT2D eigenvalue weighted by molar-refractivity contribution is 0.454. The van der Waals surface area contributed by atoms with Gasteiger partial charge in [-0.1, -0.05) is 29.8 Å². The van der Waals surface area contributed by atoms with Crippen molar-refractivity contribution in [3.8, 4) is 17.0 Å². The van der Waals surface area contributed by atoms with E-state index in [0.29, 0.717) is 22.6 Å². The molecule has 0 atom stereocenters. The number of hydrogen-bond donors (Lipinski definition) is 3. The normalized spacial score (nSPS) is 14.4. The Kier molecular flexibility index (Phi) is 2.91. The highest BCUT2D eigenvalue weighted by molar-refractivity contribution is 6.33. The molecule has 0 spiro atoms. The van der Waals surface area contributed by atoms with Gasteiger partial charge in [-0.2, -0.15) is 4.98 Å². The Balaban J connectivity index is 2.07.